The van der Waals surface area contributed by atoms with Crippen molar-refractivity contribution >= 4 is 5.91 Å². The smallest absolute Gasteiger partial charge is 0.231 e. The first-order chi connectivity index (χ1) is 8.45. The Labute approximate surface area is 107 Å². The largest absolute Gasteiger partial charge is 0.369 e. The summed E-state index contributed by atoms with van der Waals surface area (Å²) in [5.41, 5.74) is 11.7. The number of benzene rings is 1. The van der Waals surface area contributed by atoms with E-state index in [0.717, 1.165) is 5.56 Å². The molecule has 100 valence electrons. The summed E-state index contributed by atoms with van der Waals surface area (Å²) in [6.45, 7) is 4.31. The van der Waals surface area contributed by atoms with Crippen molar-refractivity contribution in [2.75, 3.05) is 13.1 Å². The van der Waals surface area contributed by atoms with Gasteiger partial charge in [0.25, 0.3) is 0 Å². The van der Waals surface area contributed by atoms with Crippen LogP contribution in [0.15, 0.2) is 24.3 Å². The fraction of sp³-hybridized carbons (Fsp3) is 0.462. The van der Waals surface area contributed by atoms with Crippen LogP contribution in [-0.4, -0.2) is 29.9 Å². The SMILES string of the molecule is CC(C)N(CC(N)=O)C(CN)c1cccc(F)c1. The molecule has 0 spiro atoms. The number of carbonyl (C=O) groups is 1. The van der Waals surface area contributed by atoms with Gasteiger partial charge in [0.05, 0.1) is 6.54 Å². The summed E-state index contributed by atoms with van der Waals surface area (Å²) in [6.07, 6.45) is 0. The lowest BCUT2D eigenvalue weighted by Gasteiger charge is -2.33. The van der Waals surface area contributed by atoms with Gasteiger partial charge in [0, 0.05) is 18.6 Å². The van der Waals surface area contributed by atoms with Gasteiger partial charge in [-0.15, -0.1) is 0 Å². The number of carbonyl (C=O) groups excluding carboxylic acids is 1. The van der Waals surface area contributed by atoms with E-state index in [9.17, 15) is 9.18 Å². The van der Waals surface area contributed by atoms with Crippen molar-refractivity contribution in [3.8, 4) is 0 Å². The van der Waals surface area contributed by atoms with Gasteiger partial charge in [-0.25, -0.2) is 4.39 Å². The Morgan fingerprint density at radius 1 is 1.44 bits per heavy atom. The number of hydrogen-bond acceptors (Lipinski definition) is 3. The molecular weight excluding hydrogens is 233 g/mol. The number of nitrogens with zero attached hydrogens (tertiary/aromatic N) is 1. The molecule has 0 aliphatic rings. The van der Waals surface area contributed by atoms with Crippen molar-refractivity contribution in [1.82, 2.24) is 4.90 Å². The zero-order valence-corrected chi connectivity index (χ0v) is 10.8. The fourth-order valence-corrected chi connectivity index (χ4v) is 2.01. The molecule has 1 aromatic rings. The van der Waals surface area contributed by atoms with E-state index in [4.69, 9.17) is 11.5 Å². The highest BCUT2D eigenvalue weighted by Gasteiger charge is 2.23. The Kier molecular flexibility index (Phi) is 5.25. The minimum Gasteiger partial charge on any atom is -0.369 e. The van der Waals surface area contributed by atoms with E-state index in [1.54, 1.807) is 12.1 Å². The molecule has 0 heterocycles. The molecule has 0 fully saturated rings. The highest BCUT2D eigenvalue weighted by atomic mass is 19.1. The number of primary amides is 1. The van der Waals surface area contributed by atoms with Crippen molar-refractivity contribution in [2.24, 2.45) is 11.5 Å². The maximum atomic E-state index is 13.2. The summed E-state index contributed by atoms with van der Waals surface area (Å²) in [4.78, 5) is 13.0. The van der Waals surface area contributed by atoms with Crippen LogP contribution in [-0.2, 0) is 4.79 Å². The van der Waals surface area contributed by atoms with Crippen molar-refractivity contribution in [2.45, 2.75) is 25.9 Å². The number of rotatable bonds is 6. The minimum atomic E-state index is -0.418. The summed E-state index contributed by atoms with van der Waals surface area (Å²) in [5, 5.41) is 0. The van der Waals surface area contributed by atoms with Gasteiger partial charge >= 0.3 is 0 Å². The van der Waals surface area contributed by atoms with E-state index in [2.05, 4.69) is 0 Å². The van der Waals surface area contributed by atoms with E-state index >= 15 is 0 Å². The van der Waals surface area contributed by atoms with Crippen LogP contribution >= 0.6 is 0 Å². The molecular formula is C13H20FN3O. The number of nitrogens with two attached hydrogens (primary N) is 2. The van der Waals surface area contributed by atoms with E-state index in [0.29, 0.717) is 6.54 Å². The topological polar surface area (TPSA) is 72.3 Å². The molecule has 0 radical (unpaired) electrons. The molecule has 0 saturated carbocycles. The molecule has 5 heteroatoms. The van der Waals surface area contributed by atoms with E-state index in [-0.39, 0.29) is 24.4 Å². The molecule has 1 rings (SSSR count). The first kappa shape index (κ1) is 14.6. The predicted octanol–water partition coefficient (Wildman–Crippen LogP) is 1.02. The third-order valence-electron chi connectivity index (χ3n) is 2.86. The molecule has 0 saturated heterocycles. The summed E-state index contributed by atoms with van der Waals surface area (Å²) in [5.74, 6) is -0.729. The second kappa shape index (κ2) is 6.47. The predicted molar refractivity (Wildman–Crippen MR) is 69.2 cm³/mol. The van der Waals surface area contributed by atoms with Crippen LogP contribution in [0, 0.1) is 5.82 Å². The molecule has 0 aliphatic heterocycles. The lowest BCUT2D eigenvalue weighted by molar-refractivity contribution is -0.120. The maximum Gasteiger partial charge on any atom is 0.231 e. The second-order valence-electron chi connectivity index (χ2n) is 4.54. The monoisotopic (exact) mass is 253 g/mol. The van der Waals surface area contributed by atoms with Gasteiger partial charge in [-0.05, 0) is 31.5 Å². The Balaban J connectivity index is 3.01. The lowest BCUT2D eigenvalue weighted by atomic mass is 10.0. The van der Waals surface area contributed by atoms with Gasteiger partial charge in [-0.1, -0.05) is 12.1 Å². The van der Waals surface area contributed by atoms with Gasteiger partial charge in [-0.3, -0.25) is 9.69 Å². The zero-order chi connectivity index (χ0) is 13.7. The summed E-state index contributed by atoms with van der Waals surface area (Å²) in [7, 11) is 0. The number of hydrogen-bond donors (Lipinski definition) is 2. The summed E-state index contributed by atoms with van der Waals surface area (Å²) in [6, 6.07) is 6.13. The molecule has 4 nitrogen and oxygen atoms in total. The maximum absolute atomic E-state index is 13.2. The van der Waals surface area contributed by atoms with Crippen LogP contribution in [0.1, 0.15) is 25.5 Å². The first-order valence-electron chi connectivity index (χ1n) is 5.95. The molecule has 1 aromatic carbocycles. The highest BCUT2D eigenvalue weighted by Crippen LogP contribution is 2.22. The Hall–Kier alpha value is -1.46. The molecule has 0 aromatic heterocycles. The van der Waals surface area contributed by atoms with Crippen LogP contribution in [0.3, 0.4) is 0 Å². The highest BCUT2D eigenvalue weighted by molar-refractivity contribution is 5.76. The van der Waals surface area contributed by atoms with Crippen molar-refractivity contribution in [3.63, 3.8) is 0 Å². The van der Waals surface area contributed by atoms with Crippen molar-refractivity contribution in [1.29, 1.82) is 0 Å². The Morgan fingerprint density at radius 2 is 2.11 bits per heavy atom. The van der Waals surface area contributed by atoms with Crippen LogP contribution < -0.4 is 11.5 Å². The standard InChI is InChI=1S/C13H20FN3O/c1-9(2)17(8-13(16)18)12(7-15)10-4-3-5-11(14)6-10/h3-6,9,12H,7-8,15H2,1-2H3,(H2,16,18). The quantitative estimate of drug-likeness (QED) is 0.795. The summed E-state index contributed by atoms with van der Waals surface area (Å²) < 4.78 is 13.2. The van der Waals surface area contributed by atoms with E-state index < -0.39 is 5.91 Å². The van der Waals surface area contributed by atoms with Crippen LogP contribution in [0.5, 0.6) is 0 Å². The van der Waals surface area contributed by atoms with Gasteiger partial charge in [0.15, 0.2) is 0 Å². The van der Waals surface area contributed by atoms with Crippen LogP contribution in [0.25, 0.3) is 0 Å². The number of halogens is 1. The van der Waals surface area contributed by atoms with Gasteiger partial charge in [0.1, 0.15) is 5.82 Å². The van der Waals surface area contributed by atoms with Gasteiger partial charge in [-0.2, -0.15) is 0 Å². The molecule has 4 N–H and O–H groups in total. The summed E-state index contributed by atoms with van der Waals surface area (Å²) >= 11 is 0. The number of amides is 1. The molecule has 18 heavy (non-hydrogen) atoms. The average molecular weight is 253 g/mol. The third-order valence-corrected chi connectivity index (χ3v) is 2.86. The average Bonchev–Trinajstić information content (AvgIpc) is 2.28. The van der Waals surface area contributed by atoms with Gasteiger partial charge < -0.3 is 11.5 Å². The molecule has 1 amide bonds. The Morgan fingerprint density at radius 3 is 2.56 bits per heavy atom. The first-order valence-corrected chi connectivity index (χ1v) is 5.95. The molecule has 0 bridgehead atoms. The zero-order valence-electron chi connectivity index (χ0n) is 10.8. The van der Waals surface area contributed by atoms with Crippen molar-refractivity contribution in [3.05, 3.63) is 35.6 Å². The van der Waals surface area contributed by atoms with Crippen molar-refractivity contribution < 1.29 is 9.18 Å². The molecule has 1 unspecified atom stereocenters. The second-order valence-corrected chi connectivity index (χ2v) is 4.54. The minimum absolute atomic E-state index is 0.0920. The van der Waals surface area contributed by atoms with E-state index in [1.807, 2.05) is 18.7 Å². The van der Waals surface area contributed by atoms with Gasteiger partial charge in [0.2, 0.25) is 5.91 Å². The normalized spacial score (nSPS) is 13.0. The molecule has 1 atom stereocenters. The Bertz CT molecular complexity index is 409. The molecule has 0 aliphatic carbocycles. The third kappa shape index (κ3) is 3.78. The van der Waals surface area contributed by atoms with E-state index in [1.165, 1.54) is 12.1 Å². The lowest BCUT2D eigenvalue weighted by Crippen LogP contribution is -2.43. The van der Waals surface area contributed by atoms with Crippen LogP contribution in [0.2, 0.25) is 0 Å². The fourth-order valence-electron chi connectivity index (χ4n) is 2.01. The van der Waals surface area contributed by atoms with Crippen LogP contribution in [0.4, 0.5) is 4.39 Å².